The molecule has 1 nitrogen and oxygen atoms in total. The number of benzene rings is 1. The van der Waals surface area contributed by atoms with Gasteiger partial charge in [0.15, 0.2) is 0 Å². The molecule has 0 atom stereocenters. The normalized spacial score (nSPS) is 11.5. The molecular weight excluding hydrogens is 318 g/mol. The average molecular weight is 333 g/mol. The Bertz CT molecular complexity index is 991. The van der Waals surface area contributed by atoms with Gasteiger partial charge in [0.2, 0.25) is 0 Å². The van der Waals surface area contributed by atoms with E-state index in [1.165, 1.54) is 24.9 Å². The topological polar surface area (TPSA) is 12.9 Å². The molecule has 0 fully saturated rings. The molecule has 0 aliphatic carbocycles. The summed E-state index contributed by atoms with van der Waals surface area (Å²) in [4.78, 5) is 9.95. The van der Waals surface area contributed by atoms with Gasteiger partial charge in [0, 0.05) is 24.9 Å². The molecule has 0 bridgehead atoms. The van der Waals surface area contributed by atoms with E-state index in [2.05, 4.69) is 72.6 Å². The standard InChI is InChI=1S/C20H15NS2/c1-14-6-12-19(22-14)20-13-11-17(23-20)10-9-16-8-7-15-4-2-3-5-18(15)21-16/h2-13H,1H3. The van der Waals surface area contributed by atoms with Gasteiger partial charge in [0.1, 0.15) is 0 Å². The lowest BCUT2D eigenvalue weighted by molar-refractivity contribution is 1.37. The van der Waals surface area contributed by atoms with Crippen LogP contribution in [0.15, 0.2) is 60.7 Å². The molecule has 0 amide bonds. The molecule has 0 aliphatic rings. The van der Waals surface area contributed by atoms with Crippen LogP contribution < -0.4 is 0 Å². The Morgan fingerprint density at radius 2 is 1.61 bits per heavy atom. The summed E-state index contributed by atoms with van der Waals surface area (Å²) in [5.74, 6) is 0. The zero-order valence-corrected chi connectivity index (χ0v) is 14.3. The molecule has 4 rings (SSSR count). The highest BCUT2D eigenvalue weighted by Gasteiger charge is 2.03. The summed E-state index contributed by atoms with van der Waals surface area (Å²) < 4.78 is 0. The van der Waals surface area contributed by atoms with E-state index in [9.17, 15) is 0 Å². The number of rotatable bonds is 3. The predicted molar refractivity (Wildman–Crippen MR) is 103 cm³/mol. The van der Waals surface area contributed by atoms with E-state index < -0.39 is 0 Å². The molecular formula is C20H15NS2. The van der Waals surface area contributed by atoms with Gasteiger partial charge in [-0.25, -0.2) is 4.98 Å². The van der Waals surface area contributed by atoms with Crippen molar-refractivity contribution in [2.24, 2.45) is 0 Å². The van der Waals surface area contributed by atoms with Gasteiger partial charge in [-0.2, -0.15) is 0 Å². The molecule has 3 heterocycles. The smallest absolute Gasteiger partial charge is 0.0709 e. The number of thiophene rings is 2. The summed E-state index contributed by atoms with van der Waals surface area (Å²) in [7, 11) is 0. The van der Waals surface area contributed by atoms with E-state index in [0.717, 1.165) is 11.2 Å². The lowest BCUT2D eigenvalue weighted by atomic mass is 10.2. The molecule has 0 spiro atoms. The fourth-order valence-corrected chi connectivity index (χ4v) is 4.35. The second kappa shape index (κ2) is 6.11. The number of fused-ring (bicyclic) bond motifs is 1. The van der Waals surface area contributed by atoms with Crippen molar-refractivity contribution in [1.82, 2.24) is 4.98 Å². The average Bonchev–Trinajstić information content (AvgIpc) is 3.21. The first-order chi connectivity index (χ1) is 11.3. The molecule has 112 valence electrons. The summed E-state index contributed by atoms with van der Waals surface area (Å²) in [6.07, 6.45) is 4.23. The number of aromatic nitrogens is 1. The van der Waals surface area contributed by atoms with Crippen LogP contribution in [0.3, 0.4) is 0 Å². The number of hydrogen-bond acceptors (Lipinski definition) is 3. The highest BCUT2D eigenvalue weighted by atomic mass is 32.1. The van der Waals surface area contributed by atoms with Crippen LogP contribution in [0.4, 0.5) is 0 Å². The van der Waals surface area contributed by atoms with Crippen molar-refractivity contribution in [2.75, 3.05) is 0 Å². The quantitative estimate of drug-likeness (QED) is 0.417. The van der Waals surface area contributed by atoms with Gasteiger partial charge in [0.05, 0.1) is 11.2 Å². The Morgan fingerprint density at radius 3 is 2.48 bits per heavy atom. The zero-order chi connectivity index (χ0) is 15.6. The monoisotopic (exact) mass is 333 g/mol. The third kappa shape index (κ3) is 3.11. The van der Waals surface area contributed by atoms with Gasteiger partial charge < -0.3 is 0 Å². The van der Waals surface area contributed by atoms with Crippen molar-refractivity contribution in [3.05, 3.63) is 76.1 Å². The van der Waals surface area contributed by atoms with Crippen LogP contribution in [-0.4, -0.2) is 4.98 Å². The summed E-state index contributed by atoms with van der Waals surface area (Å²) in [6.45, 7) is 2.15. The third-order valence-corrected chi connectivity index (χ3v) is 5.90. The Morgan fingerprint density at radius 1 is 0.783 bits per heavy atom. The molecule has 3 heteroatoms. The summed E-state index contributed by atoms with van der Waals surface area (Å²) in [6, 6.07) is 21.1. The molecule has 0 saturated carbocycles. The maximum Gasteiger partial charge on any atom is 0.0709 e. The summed E-state index contributed by atoms with van der Waals surface area (Å²) in [5.41, 5.74) is 2.03. The fourth-order valence-electron chi connectivity index (χ4n) is 2.48. The van der Waals surface area contributed by atoms with Gasteiger partial charge >= 0.3 is 0 Å². The highest BCUT2D eigenvalue weighted by Crippen LogP contribution is 2.33. The first-order valence-electron chi connectivity index (χ1n) is 7.48. The largest absolute Gasteiger partial charge is 0.248 e. The molecule has 23 heavy (non-hydrogen) atoms. The predicted octanol–water partition coefficient (Wildman–Crippen LogP) is 6.50. The Kier molecular flexibility index (Phi) is 3.82. The number of hydrogen-bond donors (Lipinski definition) is 0. The van der Waals surface area contributed by atoms with Gasteiger partial charge in [-0.3, -0.25) is 0 Å². The van der Waals surface area contributed by atoms with Crippen LogP contribution in [-0.2, 0) is 0 Å². The number of pyridine rings is 1. The van der Waals surface area contributed by atoms with E-state index in [1.54, 1.807) is 0 Å². The maximum atomic E-state index is 4.68. The molecule has 4 aromatic rings. The molecule has 1 aromatic carbocycles. The Labute approximate surface area is 143 Å². The summed E-state index contributed by atoms with van der Waals surface area (Å²) in [5, 5.41) is 1.18. The second-order valence-corrected chi connectivity index (χ2v) is 7.78. The van der Waals surface area contributed by atoms with Crippen LogP contribution in [0.5, 0.6) is 0 Å². The first kappa shape index (κ1) is 14.4. The van der Waals surface area contributed by atoms with E-state index in [1.807, 2.05) is 34.8 Å². The fraction of sp³-hybridized carbons (Fsp3) is 0.0500. The van der Waals surface area contributed by atoms with Crippen molar-refractivity contribution >= 4 is 45.7 Å². The zero-order valence-electron chi connectivity index (χ0n) is 12.7. The van der Waals surface area contributed by atoms with Gasteiger partial charge in [0.25, 0.3) is 0 Å². The van der Waals surface area contributed by atoms with Crippen molar-refractivity contribution in [3.63, 3.8) is 0 Å². The van der Waals surface area contributed by atoms with Crippen molar-refractivity contribution < 1.29 is 0 Å². The Hall–Kier alpha value is -2.23. The van der Waals surface area contributed by atoms with Crippen LogP contribution >= 0.6 is 22.7 Å². The summed E-state index contributed by atoms with van der Waals surface area (Å²) >= 11 is 3.66. The van der Waals surface area contributed by atoms with Gasteiger partial charge in [-0.05, 0) is 55.5 Å². The van der Waals surface area contributed by atoms with Gasteiger partial charge in [-0.15, -0.1) is 22.7 Å². The first-order valence-corrected chi connectivity index (χ1v) is 9.12. The number of aryl methyl sites for hydroxylation is 1. The minimum absolute atomic E-state index is 0.991. The lowest BCUT2D eigenvalue weighted by Gasteiger charge is -1.97. The molecule has 0 N–H and O–H groups in total. The number of para-hydroxylation sites is 1. The van der Waals surface area contributed by atoms with Gasteiger partial charge in [-0.1, -0.05) is 24.3 Å². The van der Waals surface area contributed by atoms with Crippen molar-refractivity contribution in [1.29, 1.82) is 0 Å². The second-order valence-electron chi connectivity index (χ2n) is 5.37. The molecule has 0 aliphatic heterocycles. The molecule has 0 unspecified atom stereocenters. The maximum absolute atomic E-state index is 4.68. The molecule has 0 saturated heterocycles. The third-order valence-electron chi connectivity index (χ3n) is 3.65. The number of nitrogens with zero attached hydrogens (tertiary/aromatic N) is 1. The minimum Gasteiger partial charge on any atom is -0.248 e. The highest BCUT2D eigenvalue weighted by molar-refractivity contribution is 7.22. The molecule has 0 radical (unpaired) electrons. The molecule has 3 aromatic heterocycles. The van der Waals surface area contributed by atoms with Crippen molar-refractivity contribution in [2.45, 2.75) is 6.92 Å². The van der Waals surface area contributed by atoms with Crippen LogP contribution in [0.1, 0.15) is 15.4 Å². The van der Waals surface area contributed by atoms with E-state index in [-0.39, 0.29) is 0 Å². The minimum atomic E-state index is 0.991. The van der Waals surface area contributed by atoms with Crippen LogP contribution in [0.2, 0.25) is 0 Å². The SMILES string of the molecule is Cc1ccc(-c2ccc(C=Cc3ccc4ccccc4n3)s2)s1. The lowest BCUT2D eigenvalue weighted by Crippen LogP contribution is -1.81. The van der Waals surface area contributed by atoms with E-state index in [0.29, 0.717) is 0 Å². The van der Waals surface area contributed by atoms with Crippen molar-refractivity contribution in [3.8, 4) is 9.75 Å². The Balaban J connectivity index is 1.59. The van der Waals surface area contributed by atoms with E-state index in [4.69, 9.17) is 0 Å². The van der Waals surface area contributed by atoms with E-state index >= 15 is 0 Å². The van der Waals surface area contributed by atoms with Crippen LogP contribution in [0, 0.1) is 6.92 Å². The van der Waals surface area contributed by atoms with Crippen LogP contribution in [0.25, 0.3) is 32.8 Å².